The maximum Gasteiger partial charge on any atom is 0.179 e. The van der Waals surface area contributed by atoms with Crippen LogP contribution in [0.1, 0.15) is 11.5 Å². The van der Waals surface area contributed by atoms with Crippen LogP contribution in [0.15, 0.2) is 12.4 Å². The SMILES string of the molecule is Cc1nn(C)c2c1[nH]c(=S)n2CCc1nccn1C. The second-order valence-electron chi connectivity index (χ2n) is 4.69. The molecule has 3 heterocycles. The Morgan fingerprint density at radius 2 is 2.16 bits per heavy atom. The number of fused-ring (bicyclic) bond motifs is 1. The molecule has 0 saturated heterocycles. The van der Waals surface area contributed by atoms with E-state index in [1.54, 1.807) is 0 Å². The maximum absolute atomic E-state index is 5.39. The summed E-state index contributed by atoms with van der Waals surface area (Å²) >= 11 is 5.39. The second-order valence-corrected chi connectivity index (χ2v) is 5.08. The molecule has 0 bridgehead atoms. The number of aromatic amines is 1. The van der Waals surface area contributed by atoms with E-state index in [-0.39, 0.29) is 0 Å². The molecular formula is C12H16N6S. The molecule has 0 atom stereocenters. The Hall–Kier alpha value is -1.89. The Balaban J connectivity index is 1.99. The lowest BCUT2D eigenvalue weighted by Gasteiger charge is -2.05. The molecule has 0 aliphatic rings. The Kier molecular flexibility index (Phi) is 2.78. The summed E-state index contributed by atoms with van der Waals surface area (Å²) in [6, 6.07) is 0. The third-order valence-electron chi connectivity index (χ3n) is 3.40. The molecule has 7 heteroatoms. The lowest BCUT2D eigenvalue weighted by atomic mass is 10.4. The number of hydrogen-bond acceptors (Lipinski definition) is 3. The maximum atomic E-state index is 5.39. The molecule has 19 heavy (non-hydrogen) atoms. The first-order valence-electron chi connectivity index (χ1n) is 6.16. The van der Waals surface area contributed by atoms with Gasteiger partial charge in [0, 0.05) is 39.5 Å². The molecule has 0 spiro atoms. The average Bonchev–Trinajstić information content (AvgIpc) is 2.97. The van der Waals surface area contributed by atoms with Gasteiger partial charge < -0.3 is 14.1 Å². The molecule has 0 amide bonds. The summed E-state index contributed by atoms with van der Waals surface area (Å²) in [5.74, 6) is 1.05. The molecule has 1 N–H and O–H groups in total. The van der Waals surface area contributed by atoms with Gasteiger partial charge in [0.15, 0.2) is 10.4 Å². The molecular weight excluding hydrogens is 260 g/mol. The van der Waals surface area contributed by atoms with Crippen molar-refractivity contribution in [2.75, 3.05) is 0 Å². The molecule has 6 nitrogen and oxygen atoms in total. The smallest absolute Gasteiger partial charge is 0.179 e. The van der Waals surface area contributed by atoms with Crippen molar-refractivity contribution in [3.8, 4) is 0 Å². The largest absolute Gasteiger partial charge is 0.338 e. The van der Waals surface area contributed by atoms with Crippen molar-refractivity contribution < 1.29 is 0 Å². The number of hydrogen-bond donors (Lipinski definition) is 1. The highest BCUT2D eigenvalue weighted by Gasteiger charge is 2.12. The van der Waals surface area contributed by atoms with Gasteiger partial charge in [-0.3, -0.25) is 4.68 Å². The third kappa shape index (κ3) is 1.90. The van der Waals surface area contributed by atoms with Crippen molar-refractivity contribution in [3.63, 3.8) is 0 Å². The van der Waals surface area contributed by atoms with E-state index in [1.807, 2.05) is 42.7 Å². The molecule has 0 fully saturated rings. The number of aromatic nitrogens is 6. The zero-order valence-electron chi connectivity index (χ0n) is 11.2. The van der Waals surface area contributed by atoms with Crippen LogP contribution >= 0.6 is 12.2 Å². The van der Waals surface area contributed by atoms with Gasteiger partial charge in [-0.2, -0.15) is 5.10 Å². The van der Waals surface area contributed by atoms with E-state index < -0.39 is 0 Å². The molecule has 0 aliphatic carbocycles. The summed E-state index contributed by atoms with van der Waals surface area (Å²) in [7, 11) is 3.94. The minimum atomic E-state index is 0.736. The number of aryl methyl sites for hydroxylation is 5. The fraction of sp³-hybridized carbons (Fsp3) is 0.417. The summed E-state index contributed by atoms with van der Waals surface area (Å²) in [5.41, 5.74) is 3.03. The monoisotopic (exact) mass is 276 g/mol. The van der Waals surface area contributed by atoms with Crippen LogP contribution < -0.4 is 0 Å². The van der Waals surface area contributed by atoms with Crippen LogP contribution in [0.25, 0.3) is 11.2 Å². The minimum absolute atomic E-state index is 0.736. The van der Waals surface area contributed by atoms with Crippen LogP contribution in [0.4, 0.5) is 0 Å². The van der Waals surface area contributed by atoms with Gasteiger partial charge in [0.1, 0.15) is 11.3 Å². The lowest BCUT2D eigenvalue weighted by Crippen LogP contribution is -2.08. The van der Waals surface area contributed by atoms with E-state index in [2.05, 4.69) is 19.6 Å². The van der Waals surface area contributed by atoms with E-state index in [9.17, 15) is 0 Å². The first kappa shape index (κ1) is 12.2. The van der Waals surface area contributed by atoms with Crippen molar-refractivity contribution in [1.82, 2.24) is 28.9 Å². The van der Waals surface area contributed by atoms with Gasteiger partial charge in [-0.1, -0.05) is 0 Å². The van der Waals surface area contributed by atoms with E-state index in [4.69, 9.17) is 12.2 Å². The van der Waals surface area contributed by atoms with Gasteiger partial charge in [-0.25, -0.2) is 4.98 Å². The van der Waals surface area contributed by atoms with Crippen molar-refractivity contribution >= 4 is 23.4 Å². The predicted octanol–water partition coefficient (Wildman–Crippen LogP) is 1.72. The molecule has 0 radical (unpaired) electrons. The van der Waals surface area contributed by atoms with Gasteiger partial charge in [-0.15, -0.1) is 0 Å². The molecule has 100 valence electrons. The van der Waals surface area contributed by atoms with Crippen LogP contribution in [0.5, 0.6) is 0 Å². The van der Waals surface area contributed by atoms with E-state index >= 15 is 0 Å². The van der Waals surface area contributed by atoms with E-state index in [0.29, 0.717) is 0 Å². The van der Waals surface area contributed by atoms with Crippen LogP contribution in [0.3, 0.4) is 0 Å². The number of imidazole rings is 2. The highest BCUT2D eigenvalue weighted by atomic mass is 32.1. The van der Waals surface area contributed by atoms with Crippen molar-refractivity contribution in [2.45, 2.75) is 19.9 Å². The average molecular weight is 276 g/mol. The number of rotatable bonds is 3. The zero-order chi connectivity index (χ0) is 13.6. The predicted molar refractivity (Wildman–Crippen MR) is 75.5 cm³/mol. The molecule has 3 rings (SSSR count). The van der Waals surface area contributed by atoms with E-state index in [0.717, 1.165) is 40.4 Å². The van der Waals surface area contributed by atoms with Crippen LogP contribution in [0, 0.1) is 11.7 Å². The van der Waals surface area contributed by atoms with E-state index in [1.165, 1.54) is 0 Å². The van der Waals surface area contributed by atoms with Crippen molar-refractivity contribution in [3.05, 3.63) is 28.7 Å². The molecule has 3 aromatic rings. The molecule has 0 aromatic carbocycles. The van der Waals surface area contributed by atoms with Crippen molar-refractivity contribution in [2.24, 2.45) is 14.1 Å². The van der Waals surface area contributed by atoms with Gasteiger partial charge in [0.05, 0.1) is 5.69 Å². The van der Waals surface area contributed by atoms with Gasteiger partial charge in [0.25, 0.3) is 0 Å². The first-order valence-corrected chi connectivity index (χ1v) is 6.57. The lowest BCUT2D eigenvalue weighted by molar-refractivity contribution is 0.634. The molecule has 0 saturated carbocycles. The summed E-state index contributed by atoms with van der Waals surface area (Å²) in [6.45, 7) is 2.78. The standard InChI is InChI=1S/C12H16N6S/c1-8-10-11(17(3)15-8)18(12(19)14-10)6-4-9-13-5-7-16(9)2/h5,7H,4,6H2,1-3H3,(H,14,19). The fourth-order valence-corrected chi connectivity index (χ4v) is 2.71. The first-order chi connectivity index (χ1) is 9.08. The topological polar surface area (TPSA) is 56.4 Å². The normalized spacial score (nSPS) is 11.5. The Bertz CT molecular complexity index is 787. The number of nitrogens with one attached hydrogen (secondary N) is 1. The zero-order valence-corrected chi connectivity index (χ0v) is 12.0. The highest BCUT2D eigenvalue weighted by molar-refractivity contribution is 7.71. The number of H-pyrrole nitrogens is 1. The second kappa shape index (κ2) is 4.34. The Morgan fingerprint density at radius 3 is 2.84 bits per heavy atom. The van der Waals surface area contributed by atoms with Gasteiger partial charge >= 0.3 is 0 Å². The van der Waals surface area contributed by atoms with Gasteiger partial charge in [-0.05, 0) is 19.1 Å². The third-order valence-corrected chi connectivity index (χ3v) is 3.73. The molecule has 0 unspecified atom stereocenters. The minimum Gasteiger partial charge on any atom is -0.338 e. The van der Waals surface area contributed by atoms with Crippen LogP contribution in [-0.4, -0.2) is 28.9 Å². The summed E-state index contributed by atoms with van der Waals surface area (Å²) in [6.07, 6.45) is 4.61. The molecule has 0 aliphatic heterocycles. The highest BCUT2D eigenvalue weighted by Crippen LogP contribution is 2.17. The number of nitrogens with zero attached hydrogens (tertiary/aromatic N) is 5. The van der Waals surface area contributed by atoms with Crippen LogP contribution in [-0.2, 0) is 27.1 Å². The van der Waals surface area contributed by atoms with Gasteiger partial charge in [0.2, 0.25) is 0 Å². The quantitative estimate of drug-likeness (QED) is 0.741. The summed E-state index contributed by atoms with van der Waals surface area (Å²) < 4.78 is 6.72. The van der Waals surface area contributed by atoms with Crippen LogP contribution in [0.2, 0.25) is 0 Å². The summed E-state index contributed by atoms with van der Waals surface area (Å²) in [4.78, 5) is 7.56. The molecule has 3 aromatic heterocycles. The summed E-state index contributed by atoms with van der Waals surface area (Å²) in [5, 5.41) is 4.41. The Labute approximate surface area is 115 Å². The fourth-order valence-electron chi connectivity index (χ4n) is 2.43. The Morgan fingerprint density at radius 1 is 1.37 bits per heavy atom. The van der Waals surface area contributed by atoms with Crippen molar-refractivity contribution in [1.29, 1.82) is 0 Å².